The number of ether oxygens (including phenoxy) is 3. The van der Waals surface area contributed by atoms with Gasteiger partial charge < -0.3 is 23.9 Å². The maximum atomic E-state index is 13.0. The third kappa shape index (κ3) is 3.96. The van der Waals surface area contributed by atoms with Gasteiger partial charge in [-0.3, -0.25) is 4.79 Å². The van der Waals surface area contributed by atoms with E-state index in [1.165, 1.54) is 0 Å². The number of hydrogen-bond donors (Lipinski definition) is 1. The van der Waals surface area contributed by atoms with Crippen LogP contribution in [-0.4, -0.2) is 32.2 Å². The van der Waals surface area contributed by atoms with Crippen molar-refractivity contribution in [2.75, 3.05) is 21.3 Å². The van der Waals surface area contributed by atoms with Crippen LogP contribution >= 0.6 is 0 Å². The third-order valence-corrected chi connectivity index (χ3v) is 5.08. The van der Waals surface area contributed by atoms with E-state index in [-0.39, 0.29) is 18.4 Å². The number of benzene rings is 2. The Bertz CT molecular complexity index is 1020. The molecule has 0 bridgehead atoms. The van der Waals surface area contributed by atoms with Crippen LogP contribution in [0.3, 0.4) is 0 Å². The van der Waals surface area contributed by atoms with Crippen LogP contribution in [0.25, 0.3) is 11.5 Å². The normalized spacial score (nSPS) is 13.0. The summed E-state index contributed by atoms with van der Waals surface area (Å²) in [5.41, 5.74) is 1.90. The summed E-state index contributed by atoms with van der Waals surface area (Å²) in [7, 11) is 4.70. The first-order chi connectivity index (χ1) is 14.6. The average Bonchev–Trinajstić information content (AvgIpc) is 3.55. The van der Waals surface area contributed by atoms with Crippen molar-refractivity contribution < 1.29 is 23.4 Å². The molecule has 1 saturated carbocycles. The summed E-state index contributed by atoms with van der Waals surface area (Å²) in [4.78, 5) is 17.5. The highest BCUT2D eigenvalue weighted by Crippen LogP contribution is 2.43. The Morgan fingerprint density at radius 3 is 2.30 bits per heavy atom. The van der Waals surface area contributed by atoms with Crippen molar-refractivity contribution in [2.45, 2.75) is 25.3 Å². The minimum Gasteiger partial charge on any atom is -0.496 e. The molecule has 0 atom stereocenters. The smallest absolute Gasteiger partial charge is 0.273 e. The second kappa shape index (κ2) is 8.49. The lowest BCUT2D eigenvalue weighted by Gasteiger charge is -2.15. The Morgan fingerprint density at radius 2 is 1.73 bits per heavy atom. The maximum Gasteiger partial charge on any atom is 0.273 e. The second-order valence-corrected chi connectivity index (χ2v) is 7.07. The van der Waals surface area contributed by atoms with Crippen LogP contribution in [0.2, 0.25) is 0 Å². The molecule has 1 fully saturated rings. The predicted molar refractivity (Wildman–Crippen MR) is 111 cm³/mol. The standard InChI is InChI=1S/C23H24N2O5/c1-27-16-11-18(28-2)17(19(12-16)29-3)13-24-22(26)20-21(14-9-10-14)30-23(25-20)15-7-5-4-6-8-15/h4-8,11-12,14H,9-10,13H2,1-3H3,(H,24,26). The molecule has 1 aliphatic carbocycles. The van der Waals surface area contributed by atoms with Crippen molar-refractivity contribution in [3.05, 3.63) is 59.5 Å². The molecule has 4 rings (SSSR count). The summed E-state index contributed by atoms with van der Waals surface area (Å²) in [5.74, 6) is 2.82. The number of nitrogens with zero attached hydrogens (tertiary/aromatic N) is 1. The zero-order chi connectivity index (χ0) is 21.1. The summed E-state index contributed by atoms with van der Waals surface area (Å²) in [6.07, 6.45) is 2.01. The third-order valence-electron chi connectivity index (χ3n) is 5.08. The molecule has 1 N–H and O–H groups in total. The molecule has 7 nitrogen and oxygen atoms in total. The number of aromatic nitrogens is 1. The fraction of sp³-hybridized carbons (Fsp3) is 0.304. The second-order valence-electron chi connectivity index (χ2n) is 7.07. The van der Waals surface area contributed by atoms with E-state index >= 15 is 0 Å². The lowest BCUT2D eigenvalue weighted by molar-refractivity contribution is 0.0944. The number of methoxy groups -OCH3 is 3. The van der Waals surface area contributed by atoms with Crippen LogP contribution in [0.4, 0.5) is 0 Å². The first kappa shape index (κ1) is 19.8. The van der Waals surface area contributed by atoms with Gasteiger partial charge in [-0.05, 0) is 25.0 Å². The topological polar surface area (TPSA) is 82.8 Å². The predicted octanol–water partition coefficient (Wildman–Crippen LogP) is 4.17. The van der Waals surface area contributed by atoms with Crippen LogP contribution in [0, 0.1) is 0 Å². The van der Waals surface area contributed by atoms with Gasteiger partial charge in [0.25, 0.3) is 5.91 Å². The van der Waals surface area contributed by atoms with Gasteiger partial charge in [0, 0.05) is 23.6 Å². The monoisotopic (exact) mass is 408 g/mol. The molecule has 1 heterocycles. The van der Waals surface area contributed by atoms with Gasteiger partial charge in [-0.1, -0.05) is 18.2 Å². The lowest BCUT2D eigenvalue weighted by Crippen LogP contribution is -2.24. The zero-order valence-electron chi connectivity index (χ0n) is 17.2. The zero-order valence-corrected chi connectivity index (χ0v) is 17.2. The molecule has 1 aromatic heterocycles. The molecule has 2 aromatic carbocycles. The van der Waals surface area contributed by atoms with E-state index in [1.54, 1.807) is 33.5 Å². The number of nitrogens with one attached hydrogen (secondary N) is 1. The molecular weight excluding hydrogens is 384 g/mol. The Balaban J connectivity index is 1.59. The van der Waals surface area contributed by atoms with Gasteiger partial charge in [0.15, 0.2) is 5.69 Å². The van der Waals surface area contributed by atoms with Gasteiger partial charge in [0.2, 0.25) is 5.89 Å². The van der Waals surface area contributed by atoms with Gasteiger partial charge in [0.1, 0.15) is 23.0 Å². The first-order valence-electron chi connectivity index (χ1n) is 9.77. The van der Waals surface area contributed by atoms with E-state index in [2.05, 4.69) is 10.3 Å². The van der Waals surface area contributed by atoms with Crippen LogP contribution in [-0.2, 0) is 6.54 Å². The molecule has 0 aliphatic heterocycles. The number of hydrogen-bond acceptors (Lipinski definition) is 6. The SMILES string of the molecule is COc1cc(OC)c(CNC(=O)c2nc(-c3ccccc3)oc2C2CC2)c(OC)c1. The average molecular weight is 408 g/mol. The van der Waals surface area contributed by atoms with Crippen molar-refractivity contribution >= 4 is 5.91 Å². The van der Waals surface area contributed by atoms with Crippen LogP contribution in [0.15, 0.2) is 46.9 Å². The van der Waals surface area contributed by atoms with Crippen molar-refractivity contribution in [1.82, 2.24) is 10.3 Å². The summed E-state index contributed by atoms with van der Waals surface area (Å²) >= 11 is 0. The number of carbonyl (C=O) groups excluding carboxylic acids is 1. The lowest BCUT2D eigenvalue weighted by atomic mass is 10.1. The van der Waals surface area contributed by atoms with E-state index in [9.17, 15) is 4.79 Å². The van der Waals surface area contributed by atoms with Crippen molar-refractivity contribution in [2.24, 2.45) is 0 Å². The van der Waals surface area contributed by atoms with Gasteiger partial charge in [-0.25, -0.2) is 4.98 Å². The quantitative estimate of drug-likeness (QED) is 0.602. The fourth-order valence-corrected chi connectivity index (χ4v) is 3.33. The molecule has 0 radical (unpaired) electrons. The summed E-state index contributed by atoms with van der Waals surface area (Å²) in [6, 6.07) is 13.1. The first-order valence-corrected chi connectivity index (χ1v) is 9.77. The number of rotatable bonds is 8. The van der Waals surface area contributed by atoms with Crippen LogP contribution in [0.5, 0.6) is 17.2 Å². The highest BCUT2D eigenvalue weighted by atomic mass is 16.5. The van der Waals surface area contributed by atoms with E-state index in [4.69, 9.17) is 18.6 Å². The van der Waals surface area contributed by atoms with E-state index in [0.29, 0.717) is 40.2 Å². The fourth-order valence-electron chi connectivity index (χ4n) is 3.33. The van der Waals surface area contributed by atoms with Crippen LogP contribution in [0.1, 0.15) is 40.6 Å². The molecule has 3 aromatic rings. The van der Waals surface area contributed by atoms with Crippen LogP contribution < -0.4 is 19.5 Å². The minimum absolute atomic E-state index is 0.215. The molecule has 1 amide bonds. The van der Waals surface area contributed by atoms with Crippen molar-refractivity contribution in [3.8, 4) is 28.7 Å². The van der Waals surface area contributed by atoms with E-state index < -0.39 is 0 Å². The van der Waals surface area contributed by atoms with Gasteiger partial charge in [0.05, 0.1) is 33.4 Å². The Kier molecular flexibility index (Phi) is 5.61. The van der Waals surface area contributed by atoms with E-state index in [1.807, 2.05) is 30.3 Å². The molecule has 156 valence electrons. The highest BCUT2D eigenvalue weighted by molar-refractivity contribution is 5.94. The molecular formula is C23H24N2O5. The summed E-state index contributed by atoms with van der Waals surface area (Å²) in [5, 5.41) is 2.93. The van der Waals surface area contributed by atoms with Crippen molar-refractivity contribution in [1.29, 1.82) is 0 Å². The largest absolute Gasteiger partial charge is 0.496 e. The molecule has 0 saturated heterocycles. The van der Waals surface area contributed by atoms with E-state index in [0.717, 1.165) is 18.4 Å². The summed E-state index contributed by atoms with van der Waals surface area (Å²) in [6.45, 7) is 0.215. The Labute approximate surface area is 175 Å². The summed E-state index contributed by atoms with van der Waals surface area (Å²) < 4.78 is 22.2. The number of carbonyl (C=O) groups is 1. The minimum atomic E-state index is -0.289. The Hall–Kier alpha value is -3.48. The van der Waals surface area contributed by atoms with Crippen molar-refractivity contribution in [3.63, 3.8) is 0 Å². The molecule has 30 heavy (non-hydrogen) atoms. The molecule has 7 heteroatoms. The van der Waals surface area contributed by atoms with Gasteiger partial charge in [-0.2, -0.15) is 0 Å². The highest BCUT2D eigenvalue weighted by Gasteiger charge is 2.34. The molecule has 0 spiro atoms. The molecule has 0 unspecified atom stereocenters. The van der Waals surface area contributed by atoms with Gasteiger partial charge >= 0.3 is 0 Å². The van der Waals surface area contributed by atoms with Gasteiger partial charge in [-0.15, -0.1) is 0 Å². The maximum absolute atomic E-state index is 13.0. The Morgan fingerprint density at radius 1 is 1.07 bits per heavy atom. The number of oxazole rings is 1. The molecule has 1 aliphatic rings. The number of amides is 1.